The Balaban J connectivity index is 2.17. The van der Waals surface area contributed by atoms with Crippen LogP contribution in [0.1, 0.15) is 40.1 Å². The Morgan fingerprint density at radius 3 is 2.93 bits per heavy atom. The highest BCUT2D eigenvalue weighted by molar-refractivity contribution is 7.99. The van der Waals surface area contributed by atoms with E-state index >= 15 is 0 Å². The summed E-state index contributed by atoms with van der Waals surface area (Å²) < 4.78 is 0. The van der Waals surface area contributed by atoms with Gasteiger partial charge in [-0.2, -0.15) is 11.8 Å². The van der Waals surface area contributed by atoms with Crippen molar-refractivity contribution >= 4 is 23.1 Å². The van der Waals surface area contributed by atoms with E-state index < -0.39 is 0 Å². The lowest BCUT2D eigenvalue weighted by Gasteiger charge is -2.19. The molecule has 0 spiro atoms. The van der Waals surface area contributed by atoms with Gasteiger partial charge in [-0.1, -0.05) is 6.42 Å². The second-order valence-corrected chi connectivity index (χ2v) is 6.16. The van der Waals surface area contributed by atoms with Crippen LogP contribution in [0.15, 0.2) is 0 Å². The number of thiazole rings is 1. The third-order valence-electron chi connectivity index (χ3n) is 2.50. The van der Waals surface area contributed by atoms with Gasteiger partial charge in [0.05, 0.1) is 12.3 Å². The number of thioether (sulfide) groups is 1. The molecule has 1 N–H and O–H groups in total. The Labute approximate surface area is 92.8 Å². The van der Waals surface area contributed by atoms with Gasteiger partial charge < -0.3 is 5.11 Å². The van der Waals surface area contributed by atoms with E-state index in [-0.39, 0.29) is 6.61 Å². The fourth-order valence-electron chi connectivity index (χ4n) is 1.79. The standard InChI is InChI=1S/C10H15NOS2/c1-7-10(11-9(6-12)14-7)8-4-2-3-5-13-8/h8,12H,2-6H2,1H3. The third kappa shape index (κ3) is 2.12. The number of aryl methyl sites for hydroxylation is 1. The van der Waals surface area contributed by atoms with Crippen LogP contribution in [0.2, 0.25) is 0 Å². The van der Waals surface area contributed by atoms with Crippen LogP contribution in [0.25, 0.3) is 0 Å². The predicted octanol–water partition coefficient (Wildman–Crippen LogP) is 2.90. The summed E-state index contributed by atoms with van der Waals surface area (Å²) in [6.45, 7) is 2.20. The summed E-state index contributed by atoms with van der Waals surface area (Å²) in [6.07, 6.45) is 3.92. The Morgan fingerprint density at radius 1 is 1.50 bits per heavy atom. The lowest BCUT2D eigenvalue weighted by Crippen LogP contribution is -2.03. The van der Waals surface area contributed by atoms with Crippen molar-refractivity contribution in [3.05, 3.63) is 15.6 Å². The van der Waals surface area contributed by atoms with Gasteiger partial charge in [-0.05, 0) is 25.5 Å². The van der Waals surface area contributed by atoms with Gasteiger partial charge in [-0.25, -0.2) is 4.98 Å². The molecule has 1 aromatic rings. The molecule has 0 bridgehead atoms. The van der Waals surface area contributed by atoms with Crippen molar-refractivity contribution in [2.24, 2.45) is 0 Å². The summed E-state index contributed by atoms with van der Waals surface area (Å²) in [4.78, 5) is 5.79. The molecule has 1 saturated heterocycles. The number of nitrogens with zero attached hydrogens (tertiary/aromatic N) is 1. The van der Waals surface area contributed by atoms with Gasteiger partial charge in [0, 0.05) is 10.1 Å². The maximum atomic E-state index is 9.01. The van der Waals surface area contributed by atoms with Crippen molar-refractivity contribution in [3.8, 4) is 0 Å². The Morgan fingerprint density at radius 2 is 2.36 bits per heavy atom. The van der Waals surface area contributed by atoms with E-state index in [0.717, 1.165) is 5.01 Å². The largest absolute Gasteiger partial charge is 0.389 e. The summed E-state index contributed by atoms with van der Waals surface area (Å²) in [5, 5.41) is 10.5. The zero-order valence-corrected chi connectivity index (χ0v) is 9.96. The summed E-state index contributed by atoms with van der Waals surface area (Å²) in [7, 11) is 0. The zero-order valence-electron chi connectivity index (χ0n) is 8.32. The van der Waals surface area contributed by atoms with E-state index in [1.165, 1.54) is 35.6 Å². The first-order valence-electron chi connectivity index (χ1n) is 5.00. The van der Waals surface area contributed by atoms with Crippen molar-refractivity contribution in [1.82, 2.24) is 4.98 Å². The van der Waals surface area contributed by atoms with E-state index in [0.29, 0.717) is 5.25 Å². The molecule has 0 amide bonds. The van der Waals surface area contributed by atoms with E-state index in [4.69, 9.17) is 5.11 Å². The maximum Gasteiger partial charge on any atom is 0.119 e. The number of aromatic nitrogens is 1. The van der Waals surface area contributed by atoms with Crippen molar-refractivity contribution in [3.63, 3.8) is 0 Å². The first-order valence-corrected chi connectivity index (χ1v) is 6.86. The van der Waals surface area contributed by atoms with Gasteiger partial charge in [0.15, 0.2) is 0 Å². The quantitative estimate of drug-likeness (QED) is 0.846. The van der Waals surface area contributed by atoms with Crippen molar-refractivity contribution in [2.45, 2.75) is 38.0 Å². The number of aliphatic hydroxyl groups excluding tert-OH is 1. The van der Waals surface area contributed by atoms with Crippen LogP contribution in [-0.4, -0.2) is 15.8 Å². The molecule has 1 fully saturated rings. The minimum absolute atomic E-state index is 0.0862. The molecule has 78 valence electrons. The second kappa shape index (κ2) is 4.64. The average Bonchev–Trinajstić information content (AvgIpc) is 2.61. The third-order valence-corrected chi connectivity index (χ3v) is 4.85. The molecule has 1 aliphatic heterocycles. The minimum atomic E-state index is 0.0862. The Bertz CT molecular complexity index is 305. The number of hydrogen-bond acceptors (Lipinski definition) is 4. The summed E-state index contributed by atoms with van der Waals surface area (Å²) in [5.41, 5.74) is 1.23. The molecule has 0 saturated carbocycles. The smallest absolute Gasteiger partial charge is 0.119 e. The van der Waals surface area contributed by atoms with Crippen LogP contribution in [0.4, 0.5) is 0 Å². The minimum Gasteiger partial charge on any atom is -0.389 e. The van der Waals surface area contributed by atoms with Crippen LogP contribution in [0.3, 0.4) is 0 Å². The van der Waals surface area contributed by atoms with Gasteiger partial charge in [0.25, 0.3) is 0 Å². The highest BCUT2D eigenvalue weighted by Gasteiger charge is 2.21. The molecular weight excluding hydrogens is 214 g/mol. The Kier molecular flexibility index (Phi) is 3.47. The molecule has 1 aliphatic rings. The van der Waals surface area contributed by atoms with E-state index in [1.807, 2.05) is 11.8 Å². The molecular formula is C10H15NOS2. The van der Waals surface area contributed by atoms with Gasteiger partial charge >= 0.3 is 0 Å². The summed E-state index contributed by atoms with van der Waals surface area (Å²) in [5.74, 6) is 1.26. The van der Waals surface area contributed by atoms with E-state index in [1.54, 1.807) is 11.3 Å². The molecule has 4 heteroatoms. The van der Waals surface area contributed by atoms with Crippen molar-refractivity contribution < 1.29 is 5.11 Å². The monoisotopic (exact) mass is 229 g/mol. The average molecular weight is 229 g/mol. The molecule has 2 nitrogen and oxygen atoms in total. The molecule has 1 atom stereocenters. The highest BCUT2D eigenvalue weighted by atomic mass is 32.2. The zero-order chi connectivity index (χ0) is 9.97. The second-order valence-electron chi connectivity index (χ2n) is 3.56. The fraction of sp³-hybridized carbons (Fsp3) is 0.700. The van der Waals surface area contributed by atoms with Crippen molar-refractivity contribution in [2.75, 3.05) is 5.75 Å². The number of aliphatic hydroxyl groups is 1. The van der Waals surface area contributed by atoms with Gasteiger partial charge in [0.2, 0.25) is 0 Å². The summed E-state index contributed by atoms with van der Waals surface area (Å²) in [6, 6.07) is 0. The molecule has 2 heterocycles. The number of rotatable bonds is 2. The lowest BCUT2D eigenvalue weighted by atomic mass is 10.1. The molecule has 2 rings (SSSR count). The lowest BCUT2D eigenvalue weighted by molar-refractivity contribution is 0.281. The first-order chi connectivity index (χ1) is 6.81. The summed E-state index contributed by atoms with van der Waals surface area (Å²) >= 11 is 3.65. The number of hydrogen-bond donors (Lipinski definition) is 1. The van der Waals surface area contributed by atoms with Crippen LogP contribution in [0, 0.1) is 6.92 Å². The molecule has 0 aliphatic carbocycles. The SMILES string of the molecule is Cc1sc(CO)nc1C1CCCCS1. The molecule has 0 aromatic carbocycles. The topological polar surface area (TPSA) is 33.1 Å². The highest BCUT2D eigenvalue weighted by Crippen LogP contribution is 2.40. The first kappa shape index (κ1) is 10.5. The Hall–Kier alpha value is -0.0600. The van der Waals surface area contributed by atoms with Gasteiger partial charge in [-0.15, -0.1) is 11.3 Å². The molecule has 0 radical (unpaired) electrons. The van der Waals surface area contributed by atoms with Crippen LogP contribution >= 0.6 is 23.1 Å². The van der Waals surface area contributed by atoms with Crippen molar-refractivity contribution in [1.29, 1.82) is 0 Å². The van der Waals surface area contributed by atoms with Crippen LogP contribution in [-0.2, 0) is 6.61 Å². The van der Waals surface area contributed by atoms with E-state index in [9.17, 15) is 0 Å². The molecule has 1 unspecified atom stereocenters. The normalized spacial score (nSPS) is 22.6. The maximum absolute atomic E-state index is 9.01. The molecule has 1 aromatic heterocycles. The fourth-order valence-corrected chi connectivity index (χ4v) is 4.09. The van der Waals surface area contributed by atoms with Gasteiger partial charge in [0.1, 0.15) is 5.01 Å². The van der Waals surface area contributed by atoms with E-state index in [2.05, 4.69) is 11.9 Å². The van der Waals surface area contributed by atoms with Crippen LogP contribution in [0.5, 0.6) is 0 Å². The van der Waals surface area contributed by atoms with Crippen LogP contribution < -0.4 is 0 Å². The predicted molar refractivity (Wildman–Crippen MR) is 61.8 cm³/mol. The molecule has 14 heavy (non-hydrogen) atoms. The van der Waals surface area contributed by atoms with Gasteiger partial charge in [-0.3, -0.25) is 0 Å².